The predicted octanol–water partition coefficient (Wildman–Crippen LogP) is 3.41. The van der Waals surface area contributed by atoms with Gasteiger partial charge in [-0.05, 0) is 12.8 Å². The first-order chi connectivity index (χ1) is 9.75. The maximum atomic E-state index is 5.92. The van der Waals surface area contributed by atoms with Crippen LogP contribution in [0.25, 0.3) is 0 Å². The molecule has 4 nitrogen and oxygen atoms in total. The van der Waals surface area contributed by atoms with E-state index < -0.39 is 0 Å². The number of fused-ring (bicyclic) bond motifs is 1. The smallest absolute Gasteiger partial charge is 0.140 e. The predicted molar refractivity (Wildman–Crippen MR) is 79.2 cm³/mol. The van der Waals surface area contributed by atoms with Crippen molar-refractivity contribution in [2.24, 2.45) is 0 Å². The van der Waals surface area contributed by atoms with E-state index in [4.69, 9.17) is 21.7 Å². The first kappa shape index (κ1) is 14.2. The minimum atomic E-state index is -0.280. The Hall–Kier alpha value is -0.780. The number of rotatable bonds is 2. The van der Waals surface area contributed by atoms with E-state index in [1.165, 1.54) is 31.4 Å². The van der Waals surface area contributed by atoms with E-state index in [-0.39, 0.29) is 5.60 Å². The molecule has 1 aliphatic heterocycles. The second kappa shape index (κ2) is 5.92. The van der Waals surface area contributed by atoms with Gasteiger partial charge in [0.1, 0.15) is 16.1 Å². The Balaban J connectivity index is 2.03. The zero-order valence-electron chi connectivity index (χ0n) is 12.0. The molecule has 20 heavy (non-hydrogen) atoms. The molecule has 3 rings (SSSR count). The van der Waals surface area contributed by atoms with Crippen molar-refractivity contribution in [3.05, 3.63) is 21.7 Å². The van der Waals surface area contributed by atoms with E-state index in [1.807, 2.05) is 0 Å². The van der Waals surface area contributed by atoms with Crippen molar-refractivity contribution in [2.75, 3.05) is 13.7 Å². The van der Waals surface area contributed by atoms with Crippen LogP contribution in [0.3, 0.4) is 0 Å². The molecule has 0 unspecified atom stereocenters. The third-order valence-electron chi connectivity index (χ3n) is 4.58. The van der Waals surface area contributed by atoms with Gasteiger partial charge in [-0.3, -0.25) is 0 Å². The average Bonchev–Trinajstić information content (AvgIpc) is 2.73. The van der Waals surface area contributed by atoms with E-state index in [2.05, 4.69) is 9.97 Å². The molecule has 0 amide bonds. The number of methoxy groups -OCH3 is 1. The van der Waals surface area contributed by atoms with Crippen LogP contribution in [-0.4, -0.2) is 23.7 Å². The number of H-pyrrole nitrogens is 1. The molecule has 0 aromatic carbocycles. The van der Waals surface area contributed by atoms with Crippen molar-refractivity contribution in [1.29, 1.82) is 0 Å². The molecule has 1 aromatic rings. The van der Waals surface area contributed by atoms with E-state index in [1.54, 1.807) is 7.11 Å². The molecule has 0 atom stereocenters. The topological polar surface area (TPSA) is 47.1 Å². The van der Waals surface area contributed by atoms with Crippen molar-refractivity contribution in [1.82, 2.24) is 9.97 Å². The third kappa shape index (κ3) is 2.54. The lowest BCUT2D eigenvalue weighted by Crippen LogP contribution is -2.32. The van der Waals surface area contributed by atoms with Gasteiger partial charge in [0.25, 0.3) is 0 Å². The summed E-state index contributed by atoms with van der Waals surface area (Å²) in [6.07, 6.45) is 7.88. The highest BCUT2D eigenvalue weighted by atomic mass is 32.1. The van der Waals surface area contributed by atoms with Crippen LogP contribution in [0, 0.1) is 4.64 Å². The summed E-state index contributed by atoms with van der Waals surface area (Å²) in [5, 5.41) is 0. The molecular weight excluding hydrogens is 272 g/mol. The molecular formula is C15H22N2O2S. The fraction of sp³-hybridized carbons (Fsp3) is 0.733. The largest absolute Gasteiger partial charge is 0.376 e. The normalized spacial score (nSPS) is 22.1. The molecule has 0 saturated heterocycles. The SMILES string of the molecule is COC1(c2nc(=S)c3c([nH]2)CCOC3)CCCCCC1. The van der Waals surface area contributed by atoms with Gasteiger partial charge >= 0.3 is 0 Å². The van der Waals surface area contributed by atoms with Gasteiger partial charge < -0.3 is 14.5 Å². The second-order valence-corrected chi connectivity index (χ2v) is 6.15. The highest BCUT2D eigenvalue weighted by Gasteiger charge is 2.36. The van der Waals surface area contributed by atoms with E-state index in [0.29, 0.717) is 11.2 Å². The zero-order valence-corrected chi connectivity index (χ0v) is 12.9. The Bertz CT molecular complexity index is 533. The fourth-order valence-electron chi connectivity index (χ4n) is 3.31. The number of hydrogen-bond acceptors (Lipinski definition) is 4. The van der Waals surface area contributed by atoms with Gasteiger partial charge in [0, 0.05) is 24.8 Å². The van der Waals surface area contributed by atoms with Gasteiger partial charge in [-0.15, -0.1) is 0 Å². The summed E-state index contributed by atoms with van der Waals surface area (Å²) in [7, 11) is 1.80. The van der Waals surface area contributed by atoms with E-state index in [0.717, 1.165) is 37.3 Å². The fourth-order valence-corrected chi connectivity index (χ4v) is 3.58. The van der Waals surface area contributed by atoms with Crippen LogP contribution in [0.2, 0.25) is 0 Å². The van der Waals surface area contributed by atoms with Gasteiger partial charge in [0.15, 0.2) is 0 Å². The van der Waals surface area contributed by atoms with Crippen molar-refractivity contribution in [2.45, 2.75) is 57.2 Å². The number of nitrogens with zero attached hydrogens (tertiary/aromatic N) is 1. The average molecular weight is 294 g/mol. The number of nitrogens with one attached hydrogen (secondary N) is 1. The Morgan fingerprint density at radius 1 is 1.25 bits per heavy atom. The molecule has 1 saturated carbocycles. The summed E-state index contributed by atoms with van der Waals surface area (Å²) in [6, 6.07) is 0. The molecule has 2 heterocycles. The highest BCUT2D eigenvalue weighted by molar-refractivity contribution is 7.71. The third-order valence-corrected chi connectivity index (χ3v) is 4.92. The van der Waals surface area contributed by atoms with Crippen molar-refractivity contribution >= 4 is 12.2 Å². The summed E-state index contributed by atoms with van der Waals surface area (Å²) >= 11 is 5.46. The van der Waals surface area contributed by atoms with Crippen molar-refractivity contribution < 1.29 is 9.47 Å². The molecule has 0 radical (unpaired) electrons. The lowest BCUT2D eigenvalue weighted by Gasteiger charge is -2.31. The molecule has 1 aromatic heterocycles. The summed E-state index contributed by atoms with van der Waals surface area (Å²) in [5.41, 5.74) is 1.96. The number of aromatic nitrogens is 2. The van der Waals surface area contributed by atoms with Gasteiger partial charge in [-0.1, -0.05) is 37.9 Å². The molecule has 5 heteroatoms. The molecule has 2 aliphatic rings. The Kier molecular flexibility index (Phi) is 4.19. The summed E-state index contributed by atoms with van der Waals surface area (Å²) in [5.74, 6) is 0.924. The minimum Gasteiger partial charge on any atom is -0.376 e. The van der Waals surface area contributed by atoms with Crippen LogP contribution in [-0.2, 0) is 28.1 Å². The van der Waals surface area contributed by atoms with Crippen molar-refractivity contribution in [3.63, 3.8) is 0 Å². The molecule has 1 N–H and O–H groups in total. The monoisotopic (exact) mass is 294 g/mol. The van der Waals surface area contributed by atoms with Crippen LogP contribution in [0.15, 0.2) is 0 Å². The molecule has 1 aliphatic carbocycles. The maximum Gasteiger partial charge on any atom is 0.140 e. The summed E-state index contributed by atoms with van der Waals surface area (Å²) in [4.78, 5) is 8.16. The van der Waals surface area contributed by atoms with Crippen molar-refractivity contribution in [3.8, 4) is 0 Å². The van der Waals surface area contributed by atoms with E-state index >= 15 is 0 Å². The molecule has 0 spiro atoms. The van der Waals surface area contributed by atoms with Gasteiger partial charge in [0.05, 0.1) is 13.2 Å². The second-order valence-electron chi connectivity index (χ2n) is 5.76. The summed E-state index contributed by atoms with van der Waals surface area (Å²) < 4.78 is 12.1. The Morgan fingerprint density at radius 3 is 2.70 bits per heavy atom. The summed E-state index contributed by atoms with van der Waals surface area (Å²) in [6.45, 7) is 1.33. The van der Waals surface area contributed by atoms with Crippen LogP contribution in [0.1, 0.15) is 55.6 Å². The molecule has 0 bridgehead atoms. The Labute approximate surface area is 124 Å². The van der Waals surface area contributed by atoms with Crippen LogP contribution >= 0.6 is 12.2 Å². The van der Waals surface area contributed by atoms with Crippen LogP contribution in [0.5, 0.6) is 0 Å². The van der Waals surface area contributed by atoms with Gasteiger partial charge in [-0.2, -0.15) is 0 Å². The zero-order chi connectivity index (χ0) is 14.0. The standard InChI is InChI=1S/C15H22N2O2S/c1-18-15(7-4-2-3-5-8-15)14-16-12-6-9-19-10-11(12)13(20)17-14/h2-10H2,1H3,(H,16,17,20). The first-order valence-electron chi connectivity index (χ1n) is 7.51. The quantitative estimate of drug-likeness (QED) is 0.671. The minimum absolute atomic E-state index is 0.280. The van der Waals surface area contributed by atoms with Gasteiger partial charge in [-0.25, -0.2) is 4.98 Å². The molecule has 110 valence electrons. The lowest BCUT2D eigenvalue weighted by molar-refractivity contribution is -0.0357. The van der Waals surface area contributed by atoms with E-state index in [9.17, 15) is 0 Å². The van der Waals surface area contributed by atoms with Crippen LogP contribution in [0.4, 0.5) is 0 Å². The number of ether oxygens (including phenoxy) is 2. The lowest BCUT2D eigenvalue weighted by atomic mass is 9.92. The highest BCUT2D eigenvalue weighted by Crippen LogP contribution is 2.37. The maximum absolute atomic E-state index is 5.92. The Morgan fingerprint density at radius 2 is 2.00 bits per heavy atom. The number of hydrogen-bond donors (Lipinski definition) is 1. The van der Waals surface area contributed by atoms with Crippen LogP contribution < -0.4 is 0 Å². The number of aromatic amines is 1. The first-order valence-corrected chi connectivity index (χ1v) is 7.91. The molecule has 1 fully saturated rings. The van der Waals surface area contributed by atoms with Gasteiger partial charge in [0.2, 0.25) is 0 Å².